The maximum absolute atomic E-state index is 14.0. The zero-order valence-corrected chi connectivity index (χ0v) is 18.0. The fraction of sp³-hybridized carbons (Fsp3) is 0.261. The molecule has 9 heteroatoms. The van der Waals surface area contributed by atoms with Gasteiger partial charge in [-0.15, -0.1) is 0 Å². The summed E-state index contributed by atoms with van der Waals surface area (Å²) >= 11 is 0. The predicted octanol–water partition coefficient (Wildman–Crippen LogP) is 3.86. The van der Waals surface area contributed by atoms with Gasteiger partial charge < -0.3 is 19.5 Å². The van der Waals surface area contributed by atoms with Gasteiger partial charge in [0.2, 0.25) is 5.95 Å². The molecule has 2 heterocycles. The molecule has 0 saturated carbocycles. The number of carbonyl (C=O) groups excluding carboxylic acids is 1. The van der Waals surface area contributed by atoms with Gasteiger partial charge >= 0.3 is 5.97 Å². The second-order valence-electron chi connectivity index (χ2n) is 7.11. The lowest BCUT2D eigenvalue weighted by molar-refractivity contribution is -0.136. The number of nitrogens with one attached hydrogen (secondary N) is 1. The van der Waals surface area contributed by atoms with Crippen molar-refractivity contribution in [1.29, 1.82) is 0 Å². The van der Waals surface area contributed by atoms with E-state index in [4.69, 9.17) is 14.2 Å². The van der Waals surface area contributed by atoms with E-state index in [1.807, 2.05) is 13.0 Å². The summed E-state index contributed by atoms with van der Waals surface area (Å²) < 4.78 is 32.2. The Balaban J connectivity index is 1.71. The molecule has 0 aliphatic carbocycles. The number of rotatable bonds is 7. The number of esters is 1. The van der Waals surface area contributed by atoms with E-state index in [0.29, 0.717) is 40.9 Å². The topological polar surface area (TPSA) is 87.5 Å². The zero-order chi connectivity index (χ0) is 22.7. The van der Waals surface area contributed by atoms with Crippen molar-refractivity contribution in [3.05, 3.63) is 77.0 Å². The van der Waals surface area contributed by atoms with Crippen molar-refractivity contribution in [3.63, 3.8) is 0 Å². The molecule has 32 heavy (non-hydrogen) atoms. The molecule has 1 atom stereocenters. The Bertz CT molecular complexity index is 1170. The number of carbonyl (C=O) groups is 1. The highest BCUT2D eigenvalue weighted by Crippen LogP contribution is 2.39. The smallest absolute Gasteiger partial charge is 0.338 e. The molecule has 8 nitrogen and oxygen atoms in total. The molecule has 1 N–H and O–H groups in total. The highest BCUT2D eigenvalue weighted by molar-refractivity contribution is 5.92. The van der Waals surface area contributed by atoms with Gasteiger partial charge in [-0.1, -0.05) is 24.3 Å². The number of halogens is 1. The van der Waals surface area contributed by atoms with E-state index in [1.54, 1.807) is 41.9 Å². The molecule has 166 valence electrons. The van der Waals surface area contributed by atoms with Crippen LogP contribution in [0.3, 0.4) is 0 Å². The number of hydrogen-bond donors (Lipinski definition) is 1. The maximum atomic E-state index is 14.0. The van der Waals surface area contributed by atoms with Crippen LogP contribution in [-0.2, 0) is 16.1 Å². The standard InChI is InChI=1S/C23H23FN4O4/c1-4-31-19-11-15(9-10-18(19)32-12-16-7-5-6-8-17(16)24)21-20(22(29)30-3)14(2)27-23-25-13-26-28(21)23/h5-11,13,21H,4,12H2,1-3H3,(H,25,26,27). The molecule has 1 aliphatic rings. The largest absolute Gasteiger partial charge is 0.490 e. The van der Waals surface area contributed by atoms with Crippen LogP contribution in [0.1, 0.15) is 31.0 Å². The van der Waals surface area contributed by atoms with Crippen LogP contribution in [0.25, 0.3) is 0 Å². The van der Waals surface area contributed by atoms with Gasteiger partial charge in [-0.3, -0.25) is 0 Å². The molecule has 3 aromatic rings. The fourth-order valence-corrected chi connectivity index (χ4v) is 3.63. The molecule has 1 aliphatic heterocycles. The van der Waals surface area contributed by atoms with E-state index < -0.39 is 12.0 Å². The first-order valence-corrected chi connectivity index (χ1v) is 10.1. The minimum absolute atomic E-state index is 0.0547. The van der Waals surface area contributed by atoms with Crippen molar-refractivity contribution >= 4 is 11.9 Å². The first-order valence-electron chi connectivity index (χ1n) is 10.1. The third-order valence-corrected chi connectivity index (χ3v) is 5.12. The molecular weight excluding hydrogens is 415 g/mol. The third-order valence-electron chi connectivity index (χ3n) is 5.12. The number of fused-ring (bicyclic) bond motifs is 1. The van der Waals surface area contributed by atoms with E-state index in [0.717, 1.165) is 5.56 Å². The first-order chi connectivity index (χ1) is 15.5. The van der Waals surface area contributed by atoms with Gasteiger partial charge in [-0.05, 0) is 37.6 Å². The van der Waals surface area contributed by atoms with Crippen molar-refractivity contribution in [2.24, 2.45) is 0 Å². The molecule has 0 bridgehead atoms. The quantitative estimate of drug-likeness (QED) is 0.561. The molecule has 0 radical (unpaired) electrons. The Kier molecular flexibility index (Phi) is 6.07. The second-order valence-corrected chi connectivity index (χ2v) is 7.11. The van der Waals surface area contributed by atoms with Gasteiger partial charge in [0, 0.05) is 11.3 Å². The summed E-state index contributed by atoms with van der Waals surface area (Å²) in [7, 11) is 1.34. The Morgan fingerprint density at radius 3 is 2.75 bits per heavy atom. The van der Waals surface area contributed by atoms with E-state index in [9.17, 15) is 9.18 Å². The summed E-state index contributed by atoms with van der Waals surface area (Å²) in [6, 6.07) is 11.2. The molecule has 0 fully saturated rings. The lowest BCUT2D eigenvalue weighted by atomic mass is 9.95. The van der Waals surface area contributed by atoms with Crippen LogP contribution >= 0.6 is 0 Å². The molecular formula is C23H23FN4O4. The molecule has 1 aromatic heterocycles. The highest BCUT2D eigenvalue weighted by atomic mass is 19.1. The average Bonchev–Trinajstić information content (AvgIpc) is 3.26. The summed E-state index contributed by atoms with van der Waals surface area (Å²) in [4.78, 5) is 16.8. The normalized spacial score (nSPS) is 15.1. The molecule has 4 rings (SSSR count). The number of benzene rings is 2. The van der Waals surface area contributed by atoms with Gasteiger partial charge in [0.25, 0.3) is 0 Å². The van der Waals surface area contributed by atoms with Crippen molar-refractivity contribution < 1.29 is 23.4 Å². The minimum Gasteiger partial charge on any atom is -0.490 e. The second kappa shape index (κ2) is 9.09. The number of anilines is 1. The number of methoxy groups -OCH3 is 1. The van der Waals surface area contributed by atoms with Crippen LogP contribution < -0.4 is 14.8 Å². The summed E-state index contributed by atoms with van der Waals surface area (Å²) in [5, 5.41) is 7.36. The van der Waals surface area contributed by atoms with Crippen molar-refractivity contribution in [2.45, 2.75) is 26.5 Å². The SMILES string of the molecule is CCOc1cc(C2C(C(=O)OC)=C(C)Nc3ncnn32)ccc1OCc1ccccc1F. The average molecular weight is 438 g/mol. The number of allylic oxidation sites excluding steroid dienone is 1. The van der Waals surface area contributed by atoms with Crippen LogP contribution in [-0.4, -0.2) is 34.5 Å². The molecule has 0 saturated heterocycles. The van der Waals surface area contributed by atoms with E-state index in [-0.39, 0.29) is 12.4 Å². The molecule has 0 amide bonds. The van der Waals surface area contributed by atoms with Crippen molar-refractivity contribution in [1.82, 2.24) is 14.8 Å². The summed E-state index contributed by atoms with van der Waals surface area (Å²) in [6.07, 6.45) is 1.41. The Morgan fingerprint density at radius 1 is 1.19 bits per heavy atom. The Morgan fingerprint density at radius 2 is 2.00 bits per heavy atom. The zero-order valence-electron chi connectivity index (χ0n) is 18.0. The molecule has 2 aromatic carbocycles. The predicted molar refractivity (Wildman–Crippen MR) is 115 cm³/mol. The van der Waals surface area contributed by atoms with Crippen LogP contribution in [0.15, 0.2) is 60.1 Å². The summed E-state index contributed by atoms with van der Waals surface area (Å²) in [5.41, 5.74) is 2.21. The minimum atomic E-state index is -0.568. The van der Waals surface area contributed by atoms with E-state index >= 15 is 0 Å². The van der Waals surface area contributed by atoms with Crippen LogP contribution in [0.5, 0.6) is 11.5 Å². The first kappa shape index (κ1) is 21.4. The number of aromatic nitrogens is 3. The van der Waals surface area contributed by atoms with E-state index in [2.05, 4.69) is 15.4 Å². The van der Waals surface area contributed by atoms with Crippen LogP contribution in [0.2, 0.25) is 0 Å². The van der Waals surface area contributed by atoms with Gasteiger partial charge in [0.15, 0.2) is 11.5 Å². The van der Waals surface area contributed by atoms with Gasteiger partial charge in [-0.2, -0.15) is 10.1 Å². The van der Waals surface area contributed by atoms with Crippen molar-refractivity contribution in [3.8, 4) is 11.5 Å². The maximum Gasteiger partial charge on any atom is 0.338 e. The van der Waals surface area contributed by atoms with Gasteiger partial charge in [0.05, 0.1) is 19.3 Å². The molecule has 1 unspecified atom stereocenters. The third kappa shape index (κ3) is 4.01. The molecule has 0 spiro atoms. The highest BCUT2D eigenvalue weighted by Gasteiger charge is 2.34. The van der Waals surface area contributed by atoms with Crippen LogP contribution in [0.4, 0.5) is 10.3 Å². The lowest BCUT2D eigenvalue weighted by Gasteiger charge is -2.28. The van der Waals surface area contributed by atoms with E-state index in [1.165, 1.54) is 19.5 Å². The van der Waals surface area contributed by atoms with Crippen molar-refractivity contribution in [2.75, 3.05) is 19.0 Å². The number of hydrogen-bond acceptors (Lipinski definition) is 7. The fourth-order valence-electron chi connectivity index (χ4n) is 3.63. The Hall–Kier alpha value is -3.88. The van der Waals surface area contributed by atoms with Gasteiger partial charge in [-0.25, -0.2) is 13.9 Å². The van der Waals surface area contributed by atoms with Crippen LogP contribution in [0, 0.1) is 5.82 Å². The lowest BCUT2D eigenvalue weighted by Crippen LogP contribution is -2.29. The number of ether oxygens (including phenoxy) is 3. The monoisotopic (exact) mass is 438 g/mol. The Labute approximate surface area is 184 Å². The summed E-state index contributed by atoms with van der Waals surface area (Å²) in [6.45, 7) is 4.10. The van der Waals surface area contributed by atoms with Gasteiger partial charge in [0.1, 0.15) is 24.8 Å². The summed E-state index contributed by atoms with van der Waals surface area (Å²) in [5.74, 6) is 0.645. The number of nitrogens with zero attached hydrogens (tertiary/aromatic N) is 3.